The van der Waals surface area contributed by atoms with Crippen molar-refractivity contribution in [2.45, 2.75) is 97.6 Å². The van der Waals surface area contributed by atoms with Crippen LogP contribution in [0.1, 0.15) is 63.8 Å². The van der Waals surface area contributed by atoms with Crippen LogP contribution in [0, 0.1) is 11.8 Å². The van der Waals surface area contributed by atoms with Crippen LogP contribution >= 0.6 is 0 Å². The van der Waals surface area contributed by atoms with Gasteiger partial charge >= 0.3 is 6.09 Å². The number of rotatable bonds is 10. The van der Waals surface area contributed by atoms with Gasteiger partial charge in [-0.25, -0.2) is 4.79 Å². The SMILES string of the molecule is CC(C)(C)[Si](C)(C)OCc1ccc(-c2ccc(CO[Si](C)(C)C(C)(C)C)cc2C#CCNC(=O)OCc2ccccc2)cc1. The predicted molar refractivity (Wildman–Crippen MR) is 187 cm³/mol. The van der Waals surface area contributed by atoms with E-state index in [0.29, 0.717) is 13.2 Å². The van der Waals surface area contributed by atoms with Gasteiger partial charge in [-0.05, 0) is 70.1 Å². The number of amides is 1. The highest BCUT2D eigenvalue weighted by atomic mass is 28.4. The van der Waals surface area contributed by atoms with Crippen LogP contribution in [0.3, 0.4) is 0 Å². The zero-order valence-corrected chi connectivity index (χ0v) is 30.4. The molecule has 1 N–H and O–H groups in total. The van der Waals surface area contributed by atoms with Gasteiger partial charge in [-0.1, -0.05) is 120 Å². The average Bonchev–Trinajstić information content (AvgIpc) is 2.96. The van der Waals surface area contributed by atoms with Crippen molar-refractivity contribution in [3.05, 3.63) is 95.1 Å². The Hall–Kier alpha value is -3.16. The summed E-state index contributed by atoms with van der Waals surface area (Å²) in [6.07, 6.45) is -0.490. The van der Waals surface area contributed by atoms with E-state index < -0.39 is 22.7 Å². The topological polar surface area (TPSA) is 56.8 Å². The Morgan fingerprint density at radius 1 is 0.705 bits per heavy atom. The standard InChI is InChI=1S/C37H51NO4Si2/c1-36(2,3)43(7,8)41-27-30-18-21-32(22-19-30)34-23-20-31(28-42-44(9,10)37(4,5)6)25-33(34)17-14-24-38-35(39)40-26-29-15-12-11-13-16-29/h11-13,15-16,18-23,25H,24,26-28H2,1-10H3,(H,38,39). The molecule has 0 aliphatic carbocycles. The highest BCUT2D eigenvalue weighted by molar-refractivity contribution is 6.74. The molecule has 3 rings (SSSR count). The Kier molecular flexibility index (Phi) is 11.8. The number of alkyl carbamates (subject to hydrolysis) is 1. The minimum absolute atomic E-state index is 0.131. The lowest BCUT2D eigenvalue weighted by molar-refractivity contribution is 0.141. The van der Waals surface area contributed by atoms with Gasteiger partial charge in [-0.3, -0.25) is 0 Å². The van der Waals surface area contributed by atoms with Crippen LogP contribution in [-0.4, -0.2) is 29.3 Å². The van der Waals surface area contributed by atoms with E-state index >= 15 is 0 Å². The first-order valence-electron chi connectivity index (χ1n) is 15.4. The Morgan fingerprint density at radius 2 is 1.23 bits per heavy atom. The summed E-state index contributed by atoms with van der Waals surface area (Å²) in [7, 11) is -3.73. The first-order chi connectivity index (χ1) is 20.5. The molecule has 0 unspecified atom stereocenters. The molecule has 0 aromatic heterocycles. The van der Waals surface area contributed by atoms with Crippen molar-refractivity contribution in [3.8, 4) is 23.0 Å². The fraction of sp³-hybridized carbons (Fsp3) is 0.432. The van der Waals surface area contributed by atoms with Gasteiger partial charge in [-0.15, -0.1) is 0 Å². The summed E-state index contributed by atoms with van der Waals surface area (Å²) >= 11 is 0. The zero-order chi connectivity index (χ0) is 32.6. The van der Waals surface area contributed by atoms with E-state index in [-0.39, 0.29) is 23.2 Å². The van der Waals surface area contributed by atoms with Gasteiger partial charge in [0.25, 0.3) is 0 Å². The summed E-state index contributed by atoms with van der Waals surface area (Å²) in [5.74, 6) is 6.42. The lowest BCUT2D eigenvalue weighted by atomic mass is 9.97. The van der Waals surface area contributed by atoms with Gasteiger partial charge in [0, 0.05) is 5.56 Å². The molecule has 0 aliphatic rings. The quantitative estimate of drug-likeness (QED) is 0.179. The maximum absolute atomic E-state index is 12.2. The molecular formula is C37H51NO4Si2. The number of nitrogens with one attached hydrogen (secondary N) is 1. The molecule has 236 valence electrons. The van der Waals surface area contributed by atoms with E-state index in [1.54, 1.807) is 0 Å². The normalized spacial score (nSPS) is 12.3. The fourth-order valence-electron chi connectivity index (χ4n) is 3.81. The molecule has 3 aromatic rings. The second-order valence-corrected chi connectivity index (χ2v) is 24.0. The molecule has 0 fully saturated rings. The molecule has 0 aliphatic heterocycles. The molecule has 5 nitrogen and oxygen atoms in total. The van der Waals surface area contributed by atoms with Crippen molar-refractivity contribution >= 4 is 22.7 Å². The van der Waals surface area contributed by atoms with Crippen molar-refractivity contribution < 1.29 is 18.4 Å². The molecule has 1 amide bonds. The summed E-state index contributed by atoms with van der Waals surface area (Å²) in [5.41, 5.74) is 6.19. The Labute approximate surface area is 268 Å². The maximum Gasteiger partial charge on any atom is 0.408 e. The second-order valence-electron chi connectivity index (χ2n) is 14.4. The summed E-state index contributed by atoms with van der Waals surface area (Å²) in [5, 5.41) is 3.04. The first-order valence-corrected chi connectivity index (χ1v) is 21.2. The molecule has 0 heterocycles. The van der Waals surface area contributed by atoms with Gasteiger partial charge < -0.3 is 18.9 Å². The van der Waals surface area contributed by atoms with Gasteiger partial charge in [0.1, 0.15) is 6.61 Å². The van der Waals surface area contributed by atoms with E-state index in [1.165, 1.54) is 0 Å². The molecule has 0 atom stereocenters. The molecule has 3 aromatic carbocycles. The number of ether oxygens (including phenoxy) is 1. The number of benzene rings is 3. The Bertz CT molecular complexity index is 1440. The van der Waals surface area contributed by atoms with Crippen LogP contribution in [0.2, 0.25) is 36.3 Å². The lowest BCUT2D eigenvalue weighted by Crippen LogP contribution is -2.40. The van der Waals surface area contributed by atoms with Crippen molar-refractivity contribution in [1.82, 2.24) is 5.32 Å². The van der Waals surface area contributed by atoms with Crippen LogP contribution in [0.5, 0.6) is 0 Å². The van der Waals surface area contributed by atoms with Crippen LogP contribution in [0.15, 0.2) is 72.8 Å². The van der Waals surface area contributed by atoms with Crippen molar-refractivity contribution in [1.29, 1.82) is 0 Å². The molecule has 0 saturated heterocycles. The van der Waals surface area contributed by atoms with E-state index in [1.807, 2.05) is 30.3 Å². The van der Waals surface area contributed by atoms with E-state index in [9.17, 15) is 4.79 Å². The summed E-state index contributed by atoms with van der Waals surface area (Å²) in [6, 6.07) is 24.5. The molecule has 7 heteroatoms. The van der Waals surface area contributed by atoms with Gasteiger partial charge in [-0.2, -0.15) is 0 Å². The summed E-state index contributed by atoms with van der Waals surface area (Å²) in [4.78, 5) is 12.2. The minimum Gasteiger partial charge on any atom is -0.445 e. The average molecular weight is 630 g/mol. The van der Waals surface area contributed by atoms with Crippen molar-refractivity contribution in [2.24, 2.45) is 0 Å². The third kappa shape index (κ3) is 10.2. The second kappa shape index (κ2) is 14.7. The number of carbonyl (C=O) groups excluding carboxylic acids is 1. The Morgan fingerprint density at radius 3 is 1.80 bits per heavy atom. The molecule has 0 spiro atoms. The van der Waals surface area contributed by atoms with Crippen LogP contribution in [0.4, 0.5) is 4.79 Å². The van der Waals surface area contributed by atoms with Gasteiger partial charge in [0.2, 0.25) is 0 Å². The zero-order valence-electron chi connectivity index (χ0n) is 28.4. The minimum atomic E-state index is -1.91. The van der Waals surface area contributed by atoms with E-state index in [0.717, 1.165) is 33.4 Å². The third-order valence-corrected chi connectivity index (χ3v) is 17.9. The smallest absolute Gasteiger partial charge is 0.408 e. The molecule has 0 saturated carbocycles. The molecule has 44 heavy (non-hydrogen) atoms. The van der Waals surface area contributed by atoms with Crippen molar-refractivity contribution in [3.63, 3.8) is 0 Å². The van der Waals surface area contributed by atoms with E-state index in [4.69, 9.17) is 13.6 Å². The molecular weight excluding hydrogens is 579 g/mol. The Balaban J connectivity index is 1.77. The number of carbonyl (C=O) groups is 1. The monoisotopic (exact) mass is 629 g/mol. The van der Waals surface area contributed by atoms with Crippen LogP contribution in [0.25, 0.3) is 11.1 Å². The highest BCUT2D eigenvalue weighted by Gasteiger charge is 2.37. The van der Waals surface area contributed by atoms with E-state index in [2.05, 4.69) is 127 Å². The maximum atomic E-state index is 12.2. The van der Waals surface area contributed by atoms with Gasteiger partial charge in [0.05, 0.1) is 19.8 Å². The molecule has 0 radical (unpaired) electrons. The fourth-order valence-corrected chi connectivity index (χ4v) is 5.73. The third-order valence-electron chi connectivity index (χ3n) is 8.92. The number of hydrogen-bond donors (Lipinski definition) is 1. The van der Waals surface area contributed by atoms with Crippen molar-refractivity contribution in [2.75, 3.05) is 6.54 Å². The number of hydrogen-bond acceptors (Lipinski definition) is 4. The summed E-state index contributed by atoms with van der Waals surface area (Å²) in [6.45, 7) is 24.2. The highest BCUT2D eigenvalue weighted by Crippen LogP contribution is 2.38. The largest absolute Gasteiger partial charge is 0.445 e. The van der Waals surface area contributed by atoms with Crippen LogP contribution < -0.4 is 5.32 Å². The molecule has 0 bridgehead atoms. The lowest BCUT2D eigenvalue weighted by Gasteiger charge is -2.36. The van der Waals surface area contributed by atoms with Crippen LogP contribution in [-0.2, 0) is 33.4 Å². The van der Waals surface area contributed by atoms with Gasteiger partial charge in [0.15, 0.2) is 16.6 Å². The summed E-state index contributed by atoms with van der Waals surface area (Å²) < 4.78 is 18.2. The first kappa shape index (κ1) is 35.3. The predicted octanol–water partition coefficient (Wildman–Crippen LogP) is 9.68.